The Balaban J connectivity index is 1.92. The molecule has 7 nitrogen and oxygen atoms in total. The summed E-state index contributed by atoms with van der Waals surface area (Å²) in [4.78, 5) is 16.4. The van der Waals surface area contributed by atoms with Crippen LogP contribution in [-0.2, 0) is 25.3 Å². The molecule has 1 aromatic rings. The second-order valence-electron chi connectivity index (χ2n) is 6.06. The summed E-state index contributed by atoms with van der Waals surface area (Å²) in [5.74, 6) is -0.317. The highest BCUT2D eigenvalue weighted by Crippen LogP contribution is 2.51. The van der Waals surface area contributed by atoms with Gasteiger partial charge in [-0.05, 0) is 39.5 Å². The Morgan fingerprint density at radius 1 is 1.45 bits per heavy atom. The monoisotopic (exact) mass is 346 g/mol. The zero-order valence-corrected chi connectivity index (χ0v) is 14.0. The molecule has 1 heterocycles. The Morgan fingerprint density at radius 3 is 2.55 bits per heavy atom. The maximum absolute atomic E-state index is 12.1. The van der Waals surface area contributed by atoms with Crippen molar-refractivity contribution in [3.05, 3.63) is 11.1 Å². The highest BCUT2D eigenvalue weighted by atomic mass is 32.2. The van der Waals surface area contributed by atoms with Crippen molar-refractivity contribution in [2.24, 2.45) is 0 Å². The van der Waals surface area contributed by atoms with E-state index in [9.17, 15) is 17.8 Å². The lowest BCUT2D eigenvalue weighted by molar-refractivity contribution is -0.146. The number of hydrogen-bond donors (Lipinski definition) is 1. The molecule has 9 heteroatoms. The minimum absolute atomic E-state index is 0.202. The Kier molecular flexibility index (Phi) is 3.50. The topological polar surface area (TPSA) is 96.8 Å². The number of carbonyl (C=O) groups excluding carboxylic acids is 1. The highest BCUT2D eigenvalue weighted by molar-refractivity contribution is 7.87. The predicted molar refractivity (Wildman–Crippen MR) is 81.3 cm³/mol. The van der Waals surface area contributed by atoms with Crippen LogP contribution in [0.3, 0.4) is 0 Å². The SMILES string of the molecule is CCOC(=O)C1(c2csc(N(C3(C)CC3)S(=O)(=O)O)n2)CC1. The minimum atomic E-state index is -4.39. The Hall–Kier alpha value is -1.19. The molecule has 2 aliphatic carbocycles. The summed E-state index contributed by atoms with van der Waals surface area (Å²) in [6.07, 6.45) is 2.64. The Labute approximate surface area is 133 Å². The first kappa shape index (κ1) is 15.7. The van der Waals surface area contributed by atoms with Crippen molar-refractivity contribution in [2.75, 3.05) is 10.9 Å². The molecule has 0 amide bonds. The van der Waals surface area contributed by atoms with Gasteiger partial charge in [-0.3, -0.25) is 9.35 Å². The van der Waals surface area contributed by atoms with Gasteiger partial charge in [0.25, 0.3) is 0 Å². The molecule has 2 fully saturated rings. The van der Waals surface area contributed by atoms with Gasteiger partial charge in [0, 0.05) is 5.38 Å². The summed E-state index contributed by atoms with van der Waals surface area (Å²) < 4.78 is 38.9. The Morgan fingerprint density at radius 2 is 2.09 bits per heavy atom. The zero-order chi connectivity index (χ0) is 16.2. The summed E-state index contributed by atoms with van der Waals surface area (Å²) in [6, 6.07) is 0. The third-order valence-electron chi connectivity index (χ3n) is 4.27. The van der Waals surface area contributed by atoms with Gasteiger partial charge in [-0.25, -0.2) is 9.29 Å². The molecule has 0 spiro atoms. The van der Waals surface area contributed by atoms with E-state index in [1.165, 1.54) is 0 Å². The van der Waals surface area contributed by atoms with Gasteiger partial charge < -0.3 is 4.74 Å². The van der Waals surface area contributed by atoms with Gasteiger partial charge in [0.05, 0.1) is 17.8 Å². The van der Waals surface area contributed by atoms with Gasteiger partial charge in [-0.15, -0.1) is 11.3 Å². The average molecular weight is 346 g/mol. The number of hydrogen-bond acceptors (Lipinski definition) is 6. The van der Waals surface area contributed by atoms with Gasteiger partial charge in [-0.2, -0.15) is 8.42 Å². The van der Waals surface area contributed by atoms with E-state index in [1.807, 2.05) is 0 Å². The molecule has 0 atom stereocenters. The van der Waals surface area contributed by atoms with Gasteiger partial charge >= 0.3 is 16.3 Å². The van der Waals surface area contributed by atoms with Crippen LogP contribution in [0.4, 0.5) is 5.13 Å². The maximum atomic E-state index is 12.1. The number of rotatable bonds is 6. The van der Waals surface area contributed by atoms with Crippen LogP contribution in [0.1, 0.15) is 45.2 Å². The lowest BCUT2D eigenvalue weighted by Crippen LogP contribution is -2.40. The van der Waals surface area contributed by atoms with Crippen molar-refractivity contribution in [3.8, 4) is 0 Å². The second kappa shape index (κ2) is 4.90. The maximum Gasteiger partial charge on any atom is 0.362 e. The van der Waals surface area contributed by atoms with Crippen molar-refractivity contribution in [2.45, 2.75) is 50.5 Å². The molecular formula is C13H18N2O5S2. The van der Waals surface area contributed by atoms with Crippen LogP contribution in [-0.4, -0.2) is 36.1 Å². The van der Waals surface area contributed by atoms with E-state index in [0.29, 0.717) is 38.0 Å². The quantitative estimate of drug-likeness (QED) is 0.624. The first-order chi connectivity index (χ1) is 10.2. The molecule has 0 saturated heterocycles. The molecule has 1 N–H and O–H groups in total. The number of anilines is 1. The number of aromatic nitrogens is 1. The second-order valence-corrected chi connectivity index (χ2v) is 8.15. The van der Waals surface area contributed by atoms with E-state index >= 15 is 0 Å². The molecular weight excluding hydrogens is 328 g/mol. The average Bonchev–Trinajstić information content (AvgIpc) is 3.30. The predicted octanol–water partition coefficient (Wildman–Crippen LogP) is 1.90. The lowest BCUT2D eigenvalue weighted by Gasteiger charge is -2.24. The van der Waals surface area contributed by atoms with Crippen LogP contribution in [0.25, 0.3) is 0 Å². The Bertz CT molecular complexity index is 704. The van der Waals surface area contributed by atoms with Crippen LogP contribution in [0.2, 0.25) is 0 Å². The number of esters is 1. The lowest BCUT2D eigenvalue weighted by atomic mass is 10.0. The van der Waals surface area contributed by atoms with Crippen molar-refractivity contribution < 1.29 is 22.5 Å². The number of nitrogens with zero attached hydrogens (tertiary/aromatic N) is 2. The molecule has 22 heavy (non-hydrogen) atoms. The summed E-state index contributed by atoms with van der Waals surface area (Å²) in [5.41, 5.74) is -0.826. The van der Waals surface area contributed by atoms with Crippen molar-refractivity contribution in [1.29, 1.82) is 0 Å². The van der Waals surface area contributed by atoms with Crippen molar-refractivity contribution in [3.63, 3.8) is 0 Å². The fourth-order valence-corrected chi connectivity index (χ4v) is 4.88. The van der Waals surface area contributed by atoms with Crippen LogP contribution in [0.15, 0.2) is 5.38 Å². The molecule has 0 bridgehead atoms. The standard InChI is InChI=1S/C13H18N2O5S2/c1-3-20-10(16)13(6-7-13)9-8-21-11(14-9)15(22(17,18)19)12(2)4-5-12/h8H,3-7H2,1-2H3,(H,17,18,19). The fraction of sp³-hybridized carbons (Fsp3) is 0.692. The molecule has 3 rings (SSSR count). The summed E-state index contributed by atoms with van der Waals surface area (Å²) in [5, 5.41) is 1.89. The number of thiazole rings is 1. The van der Waals surface area contributed by atoms with Crippen LogP contribution in [0, 0.1) is 0 Å². The molecule has 0 radical (unpaired) electrons. The van der Waals surface area contributed by atoms with E-state index in [4.69, 9.17) is 4.74 Å². The van der Waals surface area contributed by atoms with Gasteiger partial charge in [0.1, 0.15) is 5.41 Å². The minimum Gasteiger partial charge on any atom is -0.465 e. The van der Waals surface area contributed by atoms with Crippen molar-refractivity contribution >= 4 is 32.7 Å². The van der Waals surface area contributed by atoms with Gasteiger partial charge in [-0.1, -0.05) is 0 Å². The van der Waals surface area contributed by atoms with E-state index in [-0.39, 0.29) is 11.1 Å². The largest absolute Gasteiger partial charge is 0.465 e. The molecule has 0 unspecified atom stereocenters. The molecule has 2 saturated carbocycles. The first-order valence-electron chi connectivity index (χ1n) is 7.14. The zero-order valence-electron chi connectivity index (χ0n) is 12.4. The van der Waals surface area contributed by atoms with Crippen LogP contribution in [0.5, 0.6) is 0 Å². The van der Waals surface area contributed by atoms with E-state index in [2.05, 4.69) is 4.98 Å². The van der Waals surface area contributed by atoms with E-state index < -0.39 is 21.3 Å². The molecule has 1 aromatic heterocycles. The smallest absolute Gasteiger partial charge is 0.362 e. The third-order valence-corrected chi connectivity index (χ3v) is 6.28. The van der Waals surface area contributed by atoms with Crippen molar-refractivity contribution in [1.82, 2.24) is 4.98 Å². The number of carbonyl (C=O) groups is 1. The highest BCUT2D eigenvalue weighted by Gasteiger charge is 2.56. The number of ether oxygens (including phenoxy) is 1. The van der Waals surface area contributed by atoms with Crippen LogP contribution < -0.4 is 4.31 Å². The fourth-order valence-electron chi connectivity index (χ4n) is 2.53. The summed E-state index contributed by atoms with van der Waals surface area (Å²) in [6.45, 7) is 3.81. The molecule has 2 aliphatic rings. The van der Waals surface area contributed by atoms with Gasteiger partial charge in [0.15, 0.2) is 0 Å². The summed E-state index contributed by atoms with van der Waals surface area (Å²) >= 11 is 1.12. The third kappa shape index (κ3) is 2.50. The molecule has 0 aromatic carbocycles. The molecule has 0 aliphatic heterocycles. The first-order valence-corrected chi connectivity index (χ1v) is 9.42. The van der Waals surface area contributed by atoms with E-state index in [1.54, 1.807) is 19.2 Å². The summed E-state index contributed by atoms with van der Waals surface area (Å²) in [7, 11) is -4.39. The molecule has 122 valence electrons. The van der Waals surface area contributed by atoms with E-state index in [0.717, 1.165) is 15.6 Å². The normalized spacial score (nSPS) is 21.2. The van der Waals surface area contributed by atoms with Crippen LogP contribution >= 0.6 is 11.3 Å². The van der Waals surface area contributed by atoms with Gasteiger partial charge in [0.2, 0.25) is 5.13 Å².